The number of piperidine rings is 1. The van der Waals surface area contributed by atoms with Crippen LogP contribution < -0.4 is 10.6 Å². The Bertz CT molecular complexity index is 692. The van der Waals surface area contributed by atoms with Crippen molar-refractivity contribution in [2.24, 2.45) is 4.99 Å². The highest BCUT2D eigenvalue weighted by molar-refractivity contribution is 7.89. The number of nitrogens with zero attached hydrogens (tertiary/aromatic N) is 3. The molecular formula is C17H31N5O2S2. The van der Waals surface area contributed by atoms with Crippen molar-refractivity contribution < 1.29 is 8.42 Å². The van der Waals surface area contributed by atoms with E-state index in [1.54, 1.807) is 22.6 Å². The van der Waals surface area contributed by atoms with Crippen molar-refractivity contribution >= 4 is 27.3 Å². The molecule has 0 saturated carbocycles. The van der Waals surface area contributed by atoms with Gasteiger partial charge in [0.2, 0.25) is 10.0 Å². The van der Waals surface area contributed by atoms with Crippen LogP contribution in [0.25, 0.3) is 0 Å². The Kier molecular flexibility index (Phi) is 7.85. The third-order valence-electron chi connectivity index (χ3n) is 4.36. The van der Waals surface area contributed by atoms with Crippen molar-refractivity contribution in [3.63, 3.8) is 0 Å². The van der Waals surface area contributed by atoms with Crippen molar-refractivity contribution in [3.05, 3.63) is 16.1 Å². The van der Waals surface area contributed by atoms with Gasteiger partial charge >= 0.3 is 0 Å². The molecule has 1 aliphatic rings. The first-order valence-corrected chi connectivity index (χ1v) is 11.8. The van der Waals surface area contributed by atoms with Gasteiger partial charge in [0.15, 0.2) is 5.96 Å². The number of aliphatic imine (C=N–C) groups is 1. The van der Waals surface area contributed by atoms with E-state index in [9.17, 15) is 8.42 Å². The number of hydrogen-bond acceptors (Lipinski definition) is 5. The Morgan fingerprint density at radius 3 is 2.62 bits per heavy atom. The molecule has 1 fully saturated rings. The molecule has 0 atom stereocenters. The standard InChI is InChI=1S/C17H31N5O2S2/c1-5-18-17(19-11-15-12-25-16(20-15)13(3)4)21-14-7-9-22(10-8-14)26(23,24)6-2/h12-14H,5-11H2,1-4H3,(H2,18,19,21). The van der Waals surface area contributed by atoms with Crippen LogP contribution in [0.4, 0.5) is 0 Å². The van der Waals surface area contributed by atoms with Gasteiger partial charge in [-0.25, -0.2) is 22.7 Å². The average molecular weight is 402 g/mol. The molecule has 0 unspecified atom stereocenters. The fourth-order valence-electron chi connectivity index (χ4n) is 2.79. The molecule has 26 heavy (non-hydrogen) atoms. The molecule has 1 saturated heterocycles. The van der Waals surface area contributed by atoms with Gasteiger partial charge in [-0.05, 0) is 26.7 Å². The van der Waals surface area contributed by atoms with Crippen LogP contribution in [0.2, 0.25) is 0 Å². The highest BCUT2D eigenvalue weighted by Gasteiger charge is 2.27. The molecule has 0 aromatic carbocycles. The minimum absolute atomic E-state index is 0.168. The first-order chi connectivity index (χ1) is 12.4. The quantitative estimate of drug-likeness (QED) is 0.540. The van der Waals surface area contributed by atoms with Gasteiger partial charge in [0, 0.05) is 37.0 Å². The molecule has 1 aliphatic heterocycles. The van der Waals surface area contributed by atoms with E-state index < -0.39 is 10.0 Å². The molecule has 1 aromatic heterocycles. The molecular weight excluding hydrogens is 370 g/mol. The predicted molar refractivity (Wildman–Crippen MR) is 108 cm³/mol. The largest absolute Gasteiger partial charge is 0.357 e. The van der Waals surface area contributed by atoms with Gasteiger partial charge in [-0.1, -0.05) is 13.8 Å². The number of hydrogen-bond donors (Lipinski definition) is 2. The second-order valence-electron chi connectivity index (χ2n) is 6.75. The van der Waals surface area contributed by atoms with Gasteiger partial charge in [0.1, 0.15) is 0 Å². The van der Waals surface area contributed by atoms with Gasteiger partial charge < -0.3 is 10.6 Å². The summed E-state index contributed by atoms with van der Waals surface area (Å²) in [5.41, 5.74) is 0.986. The van der Waals surface area contributed by atoms with Crippen LogP contribution in [-0.2, 0) is 16.6 Å². The lowest BCUT2D eigenvalue weighted by Gasteiger charge is -2.32. The zero-order valence-electron chi connectivity index (χ0n) is 16.2. The summed E-state index contributed by atoms with van der Waals surface area (Å²) in [7, 11) is -3.08. The maximum absolute atomic E-state index is 12.0. The normalized spacial score (nSPS) is 17.7. The van der Waals surface area contributed by atoms with Crippen LogP contribution in [0.5, 0.6) is 0 Å². The summed E-state index contributed by atoms with van der Waals surface area (Å²) >= 11 is 1.68. The molecule has 2 heterocycles. The molecule has 9 heteroatoms. The van der Waals surface area contributed by atoms with E-state index in [0.29, 0.717) is 25.6 Å². The molecule has 0 radical (unpaired) electrons. The lowest BCUT2D eigenvalue weighted by molar-refractivity contribution is 0.306. The fourth-order valence-corrected chi connectivity index (χ4v) is 4.75. The molecule has 2 N–H and O–H groups in total. The lowest BCUT2D eigenvalue weighted by atomic mass is 10.1. The van der Waals surface area contributed by atoms with Crippen molar-refractivity contribution in [1.29, 1.82) is 0 Å². The first-order valence-electron chi connectivity index (χ1n) is 9.32. The Hall–Kier alpha value is -1.19. The molecule has 0 amide bonds. The van der Waals surface area contributed by atoms with E-state index in [1.807, 2.05) is 6.92 Å². The van der Waals surface area contributed by atoms with Gasteiger partial charge in [-0.15, -0.1) is 11.3 Å². The van der Waals surface area contributed by atoms with E-state index in [0.717, 1.165) is 36.0 Å². The topological polar surface area (TPSA) is 86.7 Å². The van der Waals surface area contributed by atoms with Crippen LogP contribution in [0.15, 0.2) is 10.4 Å². The first kappa shape index (κ1) is 21.1. The second kappa shape index (κ2) is 9.66. The number of sulfonamides is 1. The van der Waals surface area contributed by atoms with Gasteiger partial charge in [0.05, 0.1) is 23.0 Å². The Labute approximate surface area is 161 Å². The van der Waals surface area contributed by atoms with E-state index >= 15 is 0 Å². The summed E-state index contributed by atoms with van der Waals surface area (Å²) in [4.78, 5) is 9.26. The summed E-state index contributed by atoms with van der Waals surface area (Å²) in [6, 6.07) is 0.234. The lowest BCUT2D eigenvalue weighted by Crippen LogP contribution is -2.50. The van der Waals surface area contributed by atoms with E-state index in [1.165, 1.54) is 0 Å². The summed E-state index contributed by atoms with van der Waals surface area (Å²) in [5.74, 6) is 1.37. The number of aromatic nitrogens is 1. The SMILES string of the molecule is CCNC(=NCc1csc(C(C)C)n1)NC1CCN(S(=O)(=O)CC)CC1. The van der Waals surface area contributed by atoms with Crippen LogP contribution in [0.1, 0.15) is 57.2 Å². The zero-order valence-corrected chi connectivity index (χ0v) is 17.8. The Morgan fingerprint density at radius 1 is 1.38 bits per heavy atom. The fraction of sp³-hybridized carbons (Fsp3) is 0.765. The number of rotatable bonds is 7. The van der Waals surface area contributed by atoms with Crippen molar-refractivity contribution in [1.82, 2.24) is 19.9 Å². The van der Waals surface area contributed by atoms with Crippen LogP contribution >= 0.6 is 11.3 Å². The summed E-state index contributed by atoms with van der Waals surface area (Å²) in [6.45, 7) is 10.5. The second-order valence-corrected chi connectivity index (χ2v) is 9.89. The summed E-state index contributed by atoms with van der Waals surface area (Å²) in [6.07, 6.45) is 1.58. The minimum atomic E-state index is -3.08. The van der Waals surface area contributed by atoms with E-state index in [4.69, 9.17) is 0 Å². The van der Waals surface area contributed by atoms with Crippen molar-refractivity contribution in [2.75, 3.05) is 25.4 Å². The minimum Gasteiger partial charge on any atom is -0.357 e. The van der Waals surface area contributed by atoms with Gasteiger partial charge in [0.25, 0.3) is 0 Å². The van der Waals surface area contributed by atoms with Gasteiger partial charge in [-0.3, -0.25) is 0 Å². The maximum atomic E-state index is 12.0. The number of guanidine groups is 1. The Balaban J connectivity index is 1.91. The van der Waals surface area contributed by atoms with Crippen LogP contribution in [-0.4, -0.2) is 55.1 Å². The highest BCUT2D eigenvalue weighted by atomic mass is 32.2. The summed E-state index contributed by atoms with van der Waals surface area (Å²) in [5, 5.41) is 9.91. The smallest absolute Gasteiger partial charge is 0.213 e. The number of thiazole rings is 1. The number of nitrogens with one attached hydrogen (secondary N) is 2. The monoisotopic (exact) mass is 401 g/mol. The van der Waals surface area contributed by atoms with E-state index in [2.05, 4.69) is 39.8 Å². The van der Waals surface area contributed by atoms with Crippen molar-refractivity contribution in [3.8, 4) is 0 Å². The third-order valence-corrected chi connectivity index (χ3v) is 7.44. The molecule has 0 bridgehead atoms. The zero-order chi connectivity index (χ0) is 19.2. The third kappa shape index (κ3) is 5.92. The Morgan fingerprint density at radius 2 is 2.08 bits per heavy atom. The van der Waals surface area contributed by atoms with Gasteiger partial charge in [-0.2, -0.15) is 0 Å². The molecule has 1 aromatic rings. The average Bonchev–Trinajstić information content (AvgIpc) is 3.10. The van der Waals surface area contributed by atoms with Crippen LogP contribution in [0.3, 0.4) is 0 Å². The summed E-state index contributed by atoms with van der Waals surface area (Å²) < 4.78 is 25.5. The molecule has 0 spiro atoms. The molecule has 2 rings (SSSR count). The van der Waals surface area contributed by atoms with E-state index in [-0.39, 0.29) is 11.8 Å². The van der Waals surface area contributed by atoms with Crippen LogP contribution in [0, 0.1) is 0 Å². The molecule has 7 nitrogen and oxygen atoms in total. The molecule has 148 valence electrons. The highest BCUT2D eigenvalue weighted by Crippen LogP contribution is 2.19. The predicted octanol–water partition coefficient (Wildman–Crippen LogP) is 2.14. The maximum Gasteiger partial charge on any atom is 0.213 e. The van der Waals surface area contributed by atoms with Crippen molar-refractivity contribution in [2.45, 2.75) is 59.0 Å². The molecule has 0 aliphatic carbocycles.